The van der Waals surface area contributed by atoms with Crippen LogP contribution < -0.4 is 0 Å². The van der Waals surface area contributed by atoms with Gasteiger partial charge in [-0.15, -0.1) is 6.58 Å². The van der Waals surface area contributed by atoms with E-state index in [4.69, 9.17) is 0 Å². The third-order valence-corrected chi connectivity index (χ3v) is 5.32. The van der Waals surface area contributed by atoms with Gasteiger partial charge in [0.25, 0.3) is 0 Å². The third kappa shape index (κ3) is 2.85. The first-order chi connectivity index (χ1) is 8.95. The Hall–Kier alpha value is -0.850. The van der Waals surface area contributed by atoms with Crippen LogP contribution in [0.5, 0.6) is 0 Å². The van der Waals surface area contributed by atoms with E-state index >= 15 is 0 Å². The van der Waals surface area contributed by atoms with Crippen molar-refractivity contribution in [2.24, 2.45) is 11.3 Å². The average Bonchev–Trinajstić information content (AvgIpc) is 2.67. The molecule has 0 aromatic heterocycles. The zero-order valence-corrected chi connectivity index (χ0v) is 12.8. The summed E-state index contributed by atoms with van der Waals surface area (Å²) < 4.78 is 0. The summed E-state index contributed by atoms with van der Waals surface area (Å²) in [5.74, 6) is 0.853. The predicted molar refractivity (Wildman–Crippen MR) is 81.1 cm³/mol. The van der Waals surface area contributed by atoms with Crippen LogP contribution in [0.2, 0.25) is 0 Å². The van der Waals surface area contributed by atoms with Crippen LogP contribution in [-0.2, 0) is 4.79 Å². The molecule has 2 aliphatic rings. The Morgan fingerprint density at radius 2 is 2.05 bits per heavy atom. The van der Waals surface area contributed by atoms with Crippen molar-refractivity contribution in [3.05, 3.63) is 23.3 Å². The first kappa shape index (κ1) is 14.6. The monoisotopic (exact) mass is 260 g/mol. The van der Waals surface area contributed by atoms with Crippen molar-refractivity contribution in [2.75, 3.05) is 0 Å². The van der Waals surface area contributed by atoms with Gasteiger partial charge in [0, 0.05) is 12.3 Å². The molecule has 1 nitrogen and oxygen atoms in total. The molecule has 0 bridgehead atoms. The normalized spacial score (nSPS) is 33.2. The largest absolute Gasteiger partial charge is 0.299 e. The number of Topliss-reactive ketones (excluding diaryl/α,β-unsaturated/α-hetero) is 1. The quantitative estimate of drug-likeness (QED) is 0.633. The molecule has 2 aliphatic carbocycles. The highest BCUT2D eigenvalue weighted by molar-refractivity contribution is 5.84. The summed E-state index contributed by atoms with van der Waals surface area (Å²) in [5.41, 5.74) is 4.65. The number of rotatable bonds is 4. The van der Waals surface area contributed by atoms with Gasteiger partial charge < -0.3 is 0 Å². The van der Waals surface area contributed by atoms with Crippen LogP contribution in [0.15, 0.2) is 23.3 Å². The second kappa shape index (κ2) is 5.64. The van der Waals surface area contributed by atoms with E-state index in [-0.39, 0.29) is 5.41 Å². The number of ketones is 1. The molecule has 0 N–H and O–H groups in total. The van der Waals surface area contributed by atoms with Crippen molar-refractivity contribution in [1.82, 2.24) is 0 Å². The van der Waals surface area contributed by atoms with Gasteiger partial charge in [0.2, 0.25) is 0 Å². The van der Waals surface area contributed by atoms with E-state index in [0.717, 1.165) is 32.1 Å². The zero-order chi connectivity index (χ0) is 14.0. The maximum atomic E-state index is 12.1. The minimum Gasteiger partial charge on any atom is -0.299 e. The minimum atomic E-state index is 0.197. The Labute approximate surface area is 118 Å². The molecule has 0 saturated heterocycles. The van der Waals surface area contributed by atoms with Crippen molar-refractivity contribution < 1.29 is 4.79 Å². The van der Waals surface area contributed by atoms with Crippen LogP contribution in [0.3, 0.4) is 0 Å². The van der Waals surface area contributed by atoms with E-state index in [1.54, 1.807) is 11.1 Å². The topological polar surface area (TPSA) is 17.1 Å². The maximum absolute atomic E-state index is 12.1. The molecule has 2 atom stereocenters. The molecule has 0 aromatic carbocycles. The molecule has 1 heteroatoms. The molecule has 19 heavy (non-hydrogen) atoms. The summed E-state index contributed by atoms with van der Waals surface area (Å²) in [6.45, 7) is 10.7. The van der Waals surface area contributed by atoms with Crippen LogP contribution in [-0.4, -0.2) is 5.78 Å². The Bertz CT molecular complexity index is 415. The molecule has 0 unspecified atom stereocenters. The summed E-state index contributed by atoms with van der Waals surface area (Å²) in [5, 5.41) is 0. The van der Waals surface area contributed by atoms with Crippen LogP contribution in [0.1, 0.15) is 72.1 Å². The average molecular weight is 260 g/mol. The van der Waals surface area contributed by atoms with Crippen molar-refractivity contribution in [3.63, 3.8) is 0 Å². The predicted octanol–water partition coefficient (Wildman–Crippen LogP) is 5.22. The molecule has 2 fully saturated rings. The van der Waals surface area contributed by atoms with Crippen LogP contribution in [0.4, 0.5) is 0 Å². The van der Waals surface area contributed by atoms with E-state index in [0.29, 0.717) is 11.7 Å². The van der Waals surface area contributed by atoms with Gasteiger partial charge in [-0.05, 0) is 64.2 Å². The first-order valence-corrected chi connectivity index (χ1v) is 7.81. The second-order valence-corrected chi connectivity index (χ2v) is 6.90. The summed E-state index contributed by atoms with van der Waals surface area (Å²) in [7, 11) is 0. The van der Waals surface area contributed by atoms with E-state index in [1.165, 1.54) is 24.8 Å². The van der Waals surface area contributed by atoms with Crippen LogP contribution >= 0.6 is 0 Å². The summed E-state index contributed by atoms with van der Waals surface area (Å²) in [4.78, 5) is 12.1. The van der Waals surface area contributed by atoms with Crippen molar-refractivity contribution in [2.45, 2.75) is 72.1 Å². The van der Waals surface area contributed by atoms with Gasteiger partial charge in [0.1, 0.15) is 5.78 Å². The van der Waals surface area contributed by atoms with Gasteiger partial charge in [-0.1, -0.05) is 23.6 Å². The lowest BCUT2D eigenvalue weighted by molar-refractivity contribution is -0.127. The Morgan fingerprint density at radius 3 is 2.74 bits per heavy atom. The van der Waals surface area contributed by atoms with E-state index in [1.807, 2.05) is 0 Å². The molecule has 0 radical (unpaired) electrons. The SMILES string of the molecule is C=C(C)CCC/C(C)=C1\CC[C@H]2C(=O)CCC[C@]12C. The fourth-order valence-electron chi connectivity index (χ4n) is 4.26. The molecular weight excluding hydrogens is 232 g/mol. The lowest BCUT2D eigenvalue weighted by atomic mass is 9.66. The van der Waals surface area contributed by atoms with Gasteiger partial charge in [-0.3, -0.25) is 4.79 Å². The van der Waals surface area contributed by atoms with Crippen molar-refractivity contribution in [1.29, 1.82) is 0 Å². The maximum Gasteiger partial charge on any atom is 0.136 e. The second-order valence-electron chi connectivity index (χ2n) is 6.90. The fraction of sp³-hybridized carbons (Fsp3) is 0.722. The Kier molecular flexibility index (Phi) is 4.32. The molecule has 2 rings (SSSR count). The van der Waals surface area contributed by atoms with Gasteiger partial charge in [0.15, 0.2) is 0 Å². The lowest BCUT2D eigenvalue weighted by Crippen LogP contribution is -2.34. The molecule has 0 aromatic rings. The molecule has 2 saturated carbocycles. The fourth-order valence-corrected chi connectivity index (χ4v) is 4.26. The number of allylic oxidation sites excluding steroid dienone is 3. The highest BCUT2D eigenvalue weighted by atomic mass is 16.1. The number of carbonyl (C=O) groups is 1. The summed E-state index contributed by atoms with van der Waals surface area (Å²) in [6, 6.07) is 0. The van der Waals surface area contributed by atoms with E-state index < -0.39 is 0 Å². The molecular formula is C18H28O. The first-order valence-electron chi connectivity index (χ1n) is 7.81. The molecule has 106 valence electrons. The number of carbonyl (C=O) groups excluding carboxylic acids is 1. The van der Waals surface area contributed by atoms with Gasteiger partial charge in [-0.25, -0.2) is 0 Å². The van der Waals surface area contributed by atoms with Crippen LogP contribution in [0, 0.1) is 11.3 Å². The number of fused-ring (bicyclic) bond motifs is 1. The zero-order valence-electron chi connectivity index (χ0n) is 12.8. The highest BCUT2D eigenvalue weighted by Gasteiger charge is 2.48. The Balaban J connectivity index is 2.11. The highest BCUT2D eigenvalue weighted by Crippen LogP contribution is 2.55. The van der Waals surface area contributed by atoms with E-state index in [9.17, 15) is 4.79 Å². The molecule has 0 spiro atoms. The van der Waals surface area contributed by atoms with Gasteiger partial charge in [0.05, 0.1) is 0 Å². The van der Waals surface area contributed by atoms with E-state index in [2.05, 4.69) is 27.4 Å². The lowest BCUT2D eigenvalue weighted by Gasteiger charge is -2.37. The standard InChI is InChI=1S/C18H28O/c1-13(2)7-5-8-14(3)15-10-11-16-17(19)9-6-12-18(15,16)4/h16H,1,5-12H2,2-4H3/b15-14+/t16-,18+/m0/s1. The summed E-state index contributed by atoms with van der Waals surface area (Å²) in [6.07, 6.45) is 8.91. The smallest absolute Gasteiger partial charge is 0.136 e. The van der Waals surface area contributed by atoms with Crippen LogP contribution in [0.25, 0.3) is 0 Å². The van der Waals surface area contributed by atoms with Gasteiger partial charge >= 0.3 is 0 Å². The molecule has 0 heterocycles. The number of hydrogen-bond acceptors (Lipinski definition) is 1. The summed E-state index contributed by atoms with van der Waals surface area (Å²) >= 11 is 0. The Morgan fingerprint density at radius 1 is 1.32 bits per heavy atom. The molecule has 0 amide bonds. The third-order valence-electron chi connectivity index (χ3n) is 5.32. The van der Waals surface area contributed by atoms with Gasteiger partial charge in [-0.2, -0.15) is 0 Å². The minimum absolute atomic E-state index is 0.197. The van der Waals surface area contributed by atoms with Crippen molar-refractivity contribution in [3.8, 4) is 0 Å². The molecule has 0 aliphatic heterocycles. The number of hydrogen-bond donors (Lipinski definition) is 0. The van der Waals surface area contributed by atoms with Crippen molar-refractivity contribution >= 4 is 5.78 Å².